The number of carbonyl (C=O) groups is 1. The van der Waals surface area contributed by atoms with Crippen molar-refractivity contribution in [3.05, 3.63) is 35.5 Å². The molecule has 88 valence electrons. The van der Waals surface area contributed by atoms with Gasteiger partial charge in [0.25, 0.3) is 0 Å². The molecule has 1 fully saturated rings. The van der Waals surface area contributed by atoms with Gasteiger partial charge in [0, 0.05) is 17.4 Å². The SMILES string of the molecule is Cc1ccc2c(c1)cc(C=O)n2CC1CCC1. The van der Waals surface area contributed by atoms with Crippen molar-refractivity contribution in [1.82, 2.24) is 4.57 Å². The third kappa shape index (κ3) is 1.78. The smallest absolute Gasteiger partial charge is 0.166 e. The standard InChI is InChI=1S/C15H17NO/c1-11-5-6-15-13(7-11)8-14(10-17)16(15)9-12-3-2-4-12/h5-8,10,12H,2-4,9H2,1H3. The molecule has 0 spiro atoms. The van der Waals surface area contributed by atoms with Gasteiger partial charge in [0.15, 0.2) is 6.29 Å². The first-order valence-corrected chi connectivity index (χ1v) is 6.33. The summed E-state index contributed by atoms with van der Waals surface area (Å²) in [4.78, 5) is 11.1. The van der Waals surface area contributed by atoms with Crippen LogP contribution in [0.25, 0.3) is 10.9 Å². The van der Waals surface area contributed by atoms with Crippen molar-refractivity contribution in [2.75, 3.05) is 0 Å². The Morgan fingerprint density at radius 3 is 2.82 bits per heavy atom. The fourth-order valence-electron chi connectivity index (χ4n) is 2.65. The van der Waals surface area contributed by atoms with Gasteiger partial charge < -0.3 is 4.57 Å². The van der Waals surface area contributed by atoms with Crippen LogP contribution in [0.2, 0.25) is 0 Å². The summed E-state index contributed by atoms with van der Waals surface area (Å²) in [6, 6.07) is 8.41. The molecule has 1 heterocycles. The minimum atomic E-state index is 0.769. The molecule has 2 aromatic rings. The van der Waals surface area contributed by atoms with Crippen molar-refractivity contribution in [1.29, 1.82) is 0 Å². The van der Waals surface area contributed by atoms with E-state index >= 15 is 0 Å². The Labute approximate surface area is 101 Å². The molecule has 0 atom stereocenters. The van der Waals surface area contributed by atoms with Gasteiger partial charge in [-0.2, -0.15) is 0 Å². The molecular formula is C15H17NO. The lowest BCUT2D eigenvalue weighted by atomic mass is 9.85. The second-order valence-corrected chi connectivity index (χ2v) is 5.16. The first-order chi connectivity index (χ1) is 8.28. The summed E-state index contributed by atoms with van der Waals surface area (Å²) in [6.45, 7) is 3.09. The number of aromatic nitrogens is 1. The van der Waals surface area contributed by atoms with E-state index in [-0.39, 0.29) is 0 Å². The highest BCUT2D eigenvalue weighted by atomic mass is 16.1. The minimum absolute atomic E-state index is 0.769. The van der Waals surface area contributed by atoms with Crippen molar-refractivity contribution in [3.8, 4) is 0 Å². The fraction of sp³-hybridized carbons (Fsp3) is 0.400. The summed E-state index contributed by atoms with van der Waals surface area (Å²) in [5.41, 5.74) is 3.26. The van der Waals surface area contributed by atoms with Crippen molar-refractivity contribution >= 4 is 17.2 Å². The van der Waals surface area contributed by atoms with Crippen molar-refractivity contribution in [2.24, 2.45) is 5.92 Å². The molecule has 0 unspecified atom stereocenters. The summed E-state index contributed by atoms with van der Waals surface area (Å²) in [5.74, 6) is 0.769. The zero-order valence-electron chi connectivity index (χ0n) is 10.1. The molecule has 1 saturated carbocycles. The maximum absolute atomic E-state index is 11.1. The Hall–Kier alpha value is -1.57. The van der Waals surface area contributed by atoms with Crippen LogP contribution in [0.3, 0.4) is 0 Å². The van der Waals surface area contributed by atoms with Gasteiger partial charge >= 0.3 is 0 Å². The van der Waals surface area contributed by atoms with Crippen LogP contribution in [0.5, 0.6) is 0 Å². The number of benzene rings is 1. The number of nitrogens with zero attached hydrogens (tertiary/aromatic N) is 1. The van der Waals surface area contributed by atoms with E-state index in [4.69, 9.17) is 0 Å². The maximum Gasteiger partial charge on any atom is 0.166 e. The molecule has 0 N–H and O–H groups in total. The molecule has 3 rings (SSSR count). The molecule has 0 aliphatic heterocycles. The Kier molecular flexibility index (Phi) is 2.50. The van der Waals surface area contributed by atoms with Gasteiger partial charge in [-0.05, 0) is 43.9 Å². The summed E-state index contributed by atoms with van der Waals surface area (Å²) < 4.78 is 2.19. The number of aldehydes is 1. The van der Waals surface area contributed by atoms with E-state index in [1.807, 2.05) is 6.07 Å². The molecule has 2 nitrogen and oxygen atoms in total. The van der Waals surface area contributed by atoms with Crippen LogP contribution in [0.1, 0.15) is 35.3 Å². The van der Waals surface area contributed by atoms with Gasteiger partial charge in [0.2, 0.25) is 0 Å². The Bertz CT molecular complexity index is 564. The molecule has 0 amide bonds. The van der Waals surface area contributed by atoms with Gasteiger partial charge in [-0.15, -0.1) is 0 Å². The summed E-state index contributed by atoms with van der Waals surface area (Å²) >= 11 is 0. The predicted molar refractivity (Wildman–Crippen MR) is 69.4 cm³/mol. The van der Waals surface area contributed by atoms with E-state index in [1.54, 1.807) is 0 Å². The zero-order valence-corrected chi connectivity index (χ0v) is 10.1. The van der Waals surface area contributed by atoms with Crippen molar-refractivity contribution < 1.29 is 4.79 Å². The topological polar surface area (TPSA) is 22.0 Å². The molecule has 1 aliphatic carbocycles. The third-order valence-corrected chi connectivity index (χ3v) is 3.88. The number of aryl methyl sites for hydroxylation is 1. The van der Waals surface area contributed by atoms with Crippen LogP contribution in [-0.2, 0) is 6.54 Å². The maximum atomic E-state index is 11.1. The van der Waals surface area contributed by atoms with Gasteiger partial charge in [0.05, 0.1) is 5.69 Å². The number of carbonyl (C=O) groups excluding carboxylic acids is 1. The van der Waals surface area contributed by atoms with Crippen LogP contribution >= 0.6 is 0 Å². The third-order valence-electron chi connectivity index (χ3n) is 3.88. The summed E-state index contributed by atoms with van der Waals surface area (Å²) in [7, 11) is 0. The molecule has 1 aromatic carbocycles. The van der Waals surface area contributed by atoms with Crippen LogP contribution in [-0.4, -0.2) is 10.9 Å². The average molecular weight is 227 g/mol. The number of hydrogen-bond donors (Lipinski definition) is 0. The molecule has 17 heavy (non-hydrogen) atoms. The monoisotopic (exact) mass is 227 g/mol. The molecule has 0 radical (unpaired) electrons. The second-order valence-electron chi connectivity index (χ2n) is 5.16. The Morgan fingerprint density at radius 1 is 1.35 bits per heavy atom. The van der Waals surface area contributed by atoms with Gasteiger partial charge in [-0.25, -0.2) is 0 Å². The predicted octanol–water partition coefficient (Wildman–Crippen LogP) is 3.56. The van der Waals surface area contributed by atoms with E-state index in [0.29, 0.717) is 0 Å². The van der Waals surface area contributed by atoms with E-state index in [2.05, 4.69) is 29.7 Å². The van der Waals surface area contributed by atoms with Crippen LogP contribution < -0.4 is 0 Å². The number of hydrogen-bond acceptors (Lipinski definition) is 1. The highest BCUT2D eigenvalue weighted by Gasteiger charge is 2.20. The van der Waals surface area contributed by atoms with Crippen LogP contribution in [0.4, 0.5) is 0 Å². The molecular weight excluding hydrogens is 210 g/mol. The normalized spacial score (nSPS) is 16.1. The van der Waals surface area contributed by atoms with Crippen molar-refractivity contribution in [2.45, 2.75) is 32.7 Å². The quantitative estimate of drug-likeness (QED) is 0.735. The average Bonchev–Trinajstić information content (AvgIpc) is 2.60. The molecule has 1 aliphatic rings. The van der Waals surface area contributed by atoms with Gasteiger partial charge in [-0.3, -0.25) is 4.79 Å². The highest BCUT2D eigenvalue weighted by molar-refractivity contribution is 5.89. The number of fused-ring (bicyclic) bond motifs is 1. The van der Waals surface area contributed by atoms with Gasteiger partial charge in [0.1, 0.15) is 0 Å². The van der Waals surface area contributed by atoms with E-state index in [1.165, 1.54) is 35.7 Å². The van der Waals surface area contributed by atoms with Crippen molar-refractivity contribution in [3.63, 3.8) is 0 Å². The zero-order chi connectivity index (χ0) is 11.8. The first-order valence-electron chi connectivity index (χ1n) is 6.33. The lowest BCUT2D eigenvalue weighted by Crippen LogP contribution is -2.19. The first kappa shape index (κ1) is 10.6. The van der Waals surface area contributed by atoms with E-state index in [0.717, 1.165) is 24.4 Å². The number of rotatable bonds is 3. The fourth-order valence-corrected chi connectivity index (χ4v) is 2.65. The Morgan fingerprint density at radius 2 is 2.18 bits per heavy atom. The lowest BCUT2D eigenvalue weighted by molar-refractivity contribution is 0.111. The summed E-state index contributed by atoms with van der Waals surface area (Å²) in [6.07, 6.45) is 4.95. The Balaban J connectivity index is 2.08. The van der Waals surface area contributed by atoms with Crippen LogP contribution in [0.15, 0.2) is 24.3 Å². The largest absolute Gasteiger partial charge is 0.338 e. The summed E-state index contributed by atoms with van der Waals surface area (Å²) in [5, 5.41) is 1.19. The highest BCUT2D eigenvalue weighted by Crippen LogP contribution is 2.30. The molecule has 1 aromatic heterocycles. The minimum Gasteiger partial charge on any atom is -0.338 e. The van der Waals surface area contributed by atoms with E-state index in [9.17, 15) is 4.79 Å². The molecule has 2 heteroatoms. The lowest BCUT2D eigenvalue weighted by Gasteiger charge is -2.26. The van der Waals surface area contributed by atoms with Crippen LogP contribution in [0, 0.1) is 12.8 Å². The molecule has 0 bridgehead atoms. The van der Waals surface area contributed by atoms with E-state index < -0.39 is 0 Å². The second kappa shape index (κ2) is 4.02. The molecule has 0 saturated heterocycles. The van der Waals surface area contributed by atoms with Gasteiger partial charge in [-0.1, -0.05) is 18.1 Å².